The van der Waals surface area contributed by atoms with Crippen molar-refractivity contribution in [1.82, 2.24) is 0 Å². The first-order valence-corrected chi connectivity index (χ1v) is 7.81. The molecule has 1 unspecified atom stereocenters. The fourth-order valence-electron chi connectivity index (χ4n) is 2.08. The van der Waals surface area contributed by atoms with Gasteiger partial charge >= 0.3 is 0 Å². The van der Waals surface area contributed by atoms with Gasteiger partial charge in [0.2, 0.25) is 0 Å². The van der Waals surface area contributed by atoms with Gasteiger partial charge in [0.25, 0.3) is 0 Å². The molecule has 1 atom stereocenters. The third-order valence-electron chi connectivity index (χ3n) is 3.45. The van der Waals surface area contributed by atoms with Crippen LogP contribution in [-0.2, 0) is 0 Å². The second-order valence-electron chi connectivity index (χ2n) is 4.98. The number of anilines is 2. The van der Waals surface area contributed by atoms with Crippen LogP contribution in [0.3, 0.4) is 0 Å². The van der Waals surface area contributed by atoms with Crippen LogP contribution >= 0.6 is 23.8 Å². The van der Waals surface area contributed by atoms with Crippen LogP contribution in [0.1, 0.15) is 31.7 Å². The van der Waals surface area contributed by atoms with Crippen LogP contribution in [0.5, 0.6) is 0 Å². The molecule has 0 heterocycles. The van der Waals surface area contributed by atoms with Crippen molar-refractivity contribution in [3.63, 3.8) is 0 Å². The largest absolute Gasteiger partial charge is 0.332 e. The highest BCUT2D eigenvalue weighted by molar-refractivity contribution is 7.80. The second kappa shape index (κ2) is 7.43. The molecule has 0 aliphatic carbocycles. The van der Waals surface area contributed by atoms with E-state index in [0.29, 0.717) is 16.1 Å². The van der Waals surface area contributed by atoms with E-state index in [2.05, 4.69) is 42.7 Å². The van der Waals surface area contributed by atoms with E-state index in [1.54, 1.807) is 0 Å². The van der Waals surface area contributed by atoms with Crippen LogP contribution in [0.4, 0.5) is 11.4 Å². The molecule has 0 radical (unpaired) electrons. The zero-order valence-electron chi connectivity index (χ0n) is 12.2. The second-order valence-corrected chi connectivity index (χ2v) is 5.83. The molecule has 0 amide bonds. The Hall–Kier alpha value is -1.58. The first-order chi connectivity index (χ1) is 10.1. The lowest BCUT2D eigenvalue weighted by atomic mass is 9.97. The summed E-state index contributed by atoms with van der Waals surface area (Å²) in [6.45, 7) is 4.40. The van der Waals surface area contributed by atoms with Gasteiger partial charge in [0, 0.05) is 16.4 Å². The van der Waals surface area contributed by atoms with Crippen molar-refractivity contribution in [1.29, 1.82) is 0 Å². The molecule has 2 aromatic carbocycles. The maximum atomic E-state index is 5.87. The summed E-state index contributed by atoms with van der Waals surface area (Å²) in [6.07, 6.45) is 1.09. The third kappa shape index (κ3) is 4.45. The minimum atomic E-state index is 0.493. The third-order valence-corrected chi connectivity index (χ3v) is 3.91. The average molecular weight is 319 g/mol. The molecule has 0 aliphatic heterocycles. The number of thiocarbonyl (C=S) groups is 1. The summed E-state index contributed by atoms with van der Waals surface area (Å²) in [5.74, 6) is 0.493. The molecule has 2 nitrogen and oxygen atoms in total. The molecule has 110 valence electrons. The number of hydrogen-bond acceptors (Lipinski definition) is 1. The number of halogens is 1. The van der Waals surface area contributed by atoms with Crippen LogP contribution in [0.25, 0.3) is 0 Å². The molecule has 0 saturated heterocycles. The molecule has 2 rings (SSSR count). The van der Waals surface area contributed by atoms with E-state index >= 15 is 0 Å². The summed E-state index contributed by atoms with van der Waals surface area (Å²) in [5, 5.41) is 7.73. The van der Waals surface area contributed by atoms with Gasteiger partial charge in [0.05, 0.1) is 0 Å². The van der Waals surface area contributed by atoms with Gasteiger partial charge in [0.15, 0.2) is 5.11 Å². The highest BCUT2D eigenvalue weighted by atomic mass is 35.5. The predicted molar refractivity (Wildman–Crippen MR) is 96.4 cm³/mol. The van der Waals surface area contributed by atoms with E-state index in [-0.39, 0.29) is 0 Å². The van der Waals surface area contributed by atoms with Crippen molar-refractivity contribution in [2.45, 2.75) is 26.2 Å². The SMILES string of the molecule is CCC(C)c1ccccc1NC(=S)Nc1ccc(Cl)cc1. The Bertz CT molecular complexity index is 610. The van der Waals surface area contributed by atoms with E-state index < -0.39 is 0 Å². The van der Waals surface area contributed by atoms with Gasteiger partial charge in [-0.05, 0) is 60.5 Å². The first kappa shape index (κ1) is 15.8. The summed E-state index contributed by atoms with van der Waals surface area (Å²) in [7, 11) is 0. The minimum Gasteiger partial charge on any atom is -0.332 e. The van der Waals surface area contributed by atoms with Gasteiger partial charge in [-0.25, -0.2) is 0 Å². The standard InChI is InChI=1S/C17H19ClN2S/c1-3-12(2)15-6-4-5-7-16(15)20-17(21)19-14-10-8-13(18)9-11-14/h4-12H,3H2,1-2H3,(H2,19,20,21). The number of hydrogen-bond donors (Lipinski definition) is 2. The van der Waals surface area contributed by atoms with Crippen molar-refractivity contribution in [2.24, 2.45) is 0 Å². The molecule has 0 saturated carbocycles. The van der Waals surface area contributed by atoms with Crippen molar-refractivity contribution in [3.8, 4) is 0 Å². The van der Waals surface area contributed by atoms with Crippen molar-refractivity contribution < 1.29 is 0 Å². The van der Waals surface area contributed by atoms with Crippen LogP contribution in [0.2, 0.25) is 5.02 Å². The molecular formula is C17H19ClN2S. The number of rotatable bonds is 4. The monoisotopic (exact) mass is 318 g/mol. The molecule has 0 fully saturated rings. The Labute approximate surface area is 136 Å². The fourth-order valence-corrected chi connectivity index (χ4v) is 2.43. The smallest absolute Gasteiger partial charge is 0.175 e. The molecule has 2 aromatic rings. The Morgan fingerprint density at radius 1 is 1.10 bits per heavy atom. The molecule has 0 bridgehead atoms. The van der Waals surface area contributed by atoms with Gasteiger partial charge in [-0.15, -0.1) is 0 Å². The number of para-hydroxylation sites is 1. The first-order valence-electron chi connectivity index (χ1n) is 7.02. The van der Waals surface area contributed by atoms with Gasteiger partial charge in [-0.2, -0.15) is 0 Å². The summed E-state index contributed by atoms with van der Waals surface area (Å²) in [6, 6.07) is 15.7. The number of benzene rings is 2. The predicted octanol–water partition coefficient (Wildman–Crippen LogP) is 5.66. The highest BCUT2D eigenvalue weighted by Gasteiger charge is 2.09. The Kier molecular flexibility index (Phi) is 5.59. The fraction of sp³-hybridized carbons (Fsp3) is 0.235. The van der Waals surface area contributed by atoms with Gasteiger partial charge < -0.3 is 10.6 Å². The van der Waals surface area contributed by atoms with E-state index in [4.69, 9.17) is 23.8 Å². The molecule has 0 aromatic heterocycles. The molecule has 4 heteroatoms. The van der Waals surface area contributed by atoms with Crippen molar-refractivity contribution in [2.75, 3.05) is 10.6 Å². The van der Waals surface area contributed by atoms with E-state index in [1.807, 2.05) is 30.3 Å². The Morgan fingerprint density at radius 3 is 2.43 bits per heavy atom. The molecule has 0 aliphatic rings. The molecule has 21 heavy (non-hydrogen) atoms. The van der Waals surface area contributed by atoms with E-state index in [0.717, 1.165) is 17.8 Å². The van der Waals surface area contributed by atoms with Gasteiger partial charge in [-0.3, -0.25) is 0 Å². The maximum absolute atomic E-state index is 5.87. The minimum absolute atomic E-state index is 0.493. The summed E-state index contributed by atoms with van der Waals surface area (Å²) in [4.78, 5) is 0. The normalized spacial score (nSPS) is 11.8. The summed E-state index contributed by atoms with van der Waals surface area (Å²) < 4.78 is 0. The Balaban J connectivity index is 2.07. The van der Waals surface area contributed by atoms with Gasteiger partial charge in [0.1, 0.15) is 0 Å². The molecular weight excluding hydrogens is 300 g/mol. The zero-order valence-corrected chi connectivity index (χ0v) is 13.8. The lowest BCUT2D eigenvalue weighted by Gasteiger charge is -2.17. The van der Waals surface area contributed by atoms with Crippen molar-refractivity contribution >= 4 is 40.3 Å². The molecule has 0 spiro atoms. The summed E-state index contributed by atoms with van der Waals surface area (Å²) >= 11 is 11.3. The number of nitrogens with one attached hydrogen (secondary N) is 2. The summed E-state index contributed by atoms with van der Waals surface area (Å²) in [5.41, 5.74) is 3.25. The lowest BCUT2D eigenvalue weighted by Crippen LogP contribution is -2.20. The van der Waals surface area contributed by atoms with Crippen LogP contribution in [0, 0.1) is 0 Å². The maximum Gasteiger partial charge on any atom is 0.175 e. The van der Waals surface area contributed by atoms with Crippen LogP contribution in [-0.4, -0.2) is 5.11 Å². The van der Waals surface area contributed by atoms with Gasteiger partial charge in [-0.1, -0.05) is 43.6 Å². The van der Waals surface area contributed by atoms with Crippen LogP contribution in [0.15, 0.2) is 48.5 Å². The molecule has 2 N–H and O–H groups in total. The van der Waals surface area contributed by atoms with Crippen LogP contribution < -0.4 is 10.6 Å². The average Bonchev–Trinajstić information content (AvgIpc) is 2.49. The van der Waals surface area contributed by atoms with E-state index in [1.165, 1.54) is 5.56 Å². The quantitative estimate of drug-likeness (QED) is 0.711. The highest BCUT2D eigenvalue weighted by Crippen LogP contribution is 2.26. The zero-order chi connectivity index (χ0) is 15.2. The Morgan fingerprint density at radius 2 is 1.76 bits per heavy atom. The lowest BCUT2D eigenvalue weighted by molar-refractivity contribution is 0.736. The van der Waals surface area contributed by atoms with Crippen molar-refractivity contribution in [3.05, 3.63) is 59.1 Å². The van der Waals surface area contributed by atoms with E-state index in [9.17, 15) is 0 Å². The topological polar surface area (TPSA) is 24.1 Å².